The molecule has 29 heavy (non-hydrogen) atoms. The maximum Gasteiger partial charge on any atom is 0.255 e. The molecule has 0 aliphatic carbocycles. The number of amides is 2. The van der Waals surface area contributed by atoms with Gasteiger partial charge in [0.25, 0.3) is 11.8 Å². The number of anilines is 1. The van der Waals surface area contributed by atoms with E-state index < -0.39 is 11.3 Å². The highest BCUT2D eigenvalue weighted by Gasteiger charge is 2.26. The third-order valence-corrected chi connectivity index (χ3v) is 5.19. The summed E-state index contributed by atoms with van der Waals surface area (Å²) in [6.07, 6.45) is 2.93. The van der Waals surface area contributed by atoms with Crippen LogP contribution < -0.4 is 9.46 Å². The normalized spacial score (nSPS) is 15.0. The Hall–Kier alpha value is -2.69. The summed E-state index contributed by atoms with van der Waals surface area (Å²) < 4.78 is 29.0. The molecule has 154 valence electrons. The van der Waals surface area contributed by atoms with Gasteiger partial charge in [-0.2, -0.15) is 0 Å². The zero-order valence-electron chi connectivity index (χ0n) is 15.5. The first-order valence-electron chi connectivity index (χ1n) is 8.62. The molecule has 2 amide bonds. The predicted molar refractivity (Wildman–Crippen MR) is 107 cm³/mol. The van der Waals surface area contributed by atoms with E-state index in [0.29, 0.717) is 37.3 Å². The molecule has 1 aliphatic rings. The van der Waals surface area contributed by atoms with Crippen LogP contribution in [0.1, 0.15) is 20.7 Å². The van der Waals surface area contributed by atoms with Crippen molar-refractivity contribution in [1.82, 2.24) is 14.8 Å². The van der Waals surface area contributed by atoms with Gasteiger partial charge < -0.3 is 23.8 Å². The van der Waals surface area contributed by atoms with Crippen LogP contribution in [0.5, 0.6) is 5.75 Å². The minimum Gasteiger partial charge on any atom is -0.755 e. The van der Waals surface area contributed by atoms with Gasteiger partial charge in [-0.05, 0) is 24.3 Å². The summed E-state index contributed by atoms with van der Waals surface area (Å²) in [5.41, 5.74) is 0.980. The van der Waals surface area contributed by atoms with Crippen LogP contribution in [0.4, 0.5) is 5.69 Å². The minimum absolute atomic E-state index is 0.202. The lowest BCUT2D eigenvalue weighted by molar-refractivity contribution is 0.0535. The Bertz CT molecular complexity index is 950. The van der Waals surface area contributed by atoms with Gasteiger partial charge in [0.15, 0.2) is 0 Å². The first-order chi connectivity index (χ1) is 13.9. The van der Waals surface area contributed by atoms with E-state index in [9.17, 15) is 18.4 Å². The lowest BCUT2D eigenvalue weighted by Gasteiger charge is -2.35. The zero-order valence-corrected chi connectivity index (χ0v) is 17.0. The highest BCUT2D eigenvalue weighted by molar-refractivity contribution is 7.80. The number of nitrogens with zero attached hydrogens (tertiary/aromatic N) is 3. The van der Waals surface area contributed by atoms with Crippen LogP contribution in [0, 0.1) is 0 Å². The molecule has 3 rings (SSSR count). The van der Waals surface area contributed by atoms with Gasteiger partial charge in [0.1, 0.15) is 5.75 Å². The summed E-state index contributed by atoms with van der Waals surface area (Å²) in [6, 6.07) is 6.03. The molecular weight excluding hydrogens is 420 g/mol. The molecule has 0 bridgehead atoms. The number of pyridine rings is 1. The van der Waals surface area contributed by atoms with E-state index in [0.717, 1.165) is 0 Å². The van der Waals surface area contributed by atoms with Crippen LogP contribution >= 0.6 is 11.6 Å². The second-order valence-electron chi connectivity index (χ2n) is 6.19. The number of aromatic nitrogens is 1. The lowest BCUT2D eigenvalue weighted by atomic mass is 10.1. The van der Waals surface area contributed by atoms with E-state index in [-0.39, 0.29) is 28.3 Å². The number of ether oxygens (including phenoxy) is 1. The predicted octanol–water partition coefficient (Wildman–Crippen LogP) is 1.55. The van der Waals surface area contributed by atoms with Crippen LogP contribution in [-0.2, 0) is 11.3 Å². The van der Waals surface area contributed by atoms with Crippen molar-refractivity contribution < 1.29 is 23.1 Å². The van der Waals surface area contributed by atoms with Crippen molar-refractivity contribution in [2.75, 3.05) is 38.0 Å². The Morgan fingerprint density at radius 1 is 1.17 bits per heavy atom. The van der Waals surface area contributed by atoms with Crippen LogP contribution in [0.15, 0.2) is 36.7 Å². The molecule has 1 aliphatic heterocycles. The van der Waals surface area contributed by atoms with Gasteiger partial charge in [0.05, 0.1) is 23.4 Å². The number of halogens is 1. The SMILES string of the molecule is COc1cc(C(=O)N2CCN(C(=O)c3ccncc3Cl)CC2)ccc1NS(=O)[O-]. The van der Waals surface area contributed by atoms with Gasteiger partial charge in [-0.15, -0.1) is 0 Å². The quantitative estimate of drug-likeness (QED) is 0.709. The van der Waals surface area contributed by atoms with Crippen molar-refractivity contribution in [3.05, 3.63) is 52.8 Å². The molecule has 1 unspecified atom stereocenters. The molecule has 1 fully saturated rings. The summed E-state index contributed by atoms with van der Waals surface area (Å²) in [7, 11) is 1.39. The van der Waals surface area contributed by atoms with Gasteiger partial charge >= 0.3 is 0 Å². The smallest absolute Gasteiger partial charge is 0.255 e. The van der Waals surface area contributed by atoms with Crippen molar-refractivity contribution in [2.24, 2.45) is 0 Å². The van der Waals surface area contributed by atoms with E-state index in [1.807, 2.05) is 0 Å². The Labute approximate surface area is 175 Å². The van der Waals surface area contributed by atoms with Gasteiger partial charge in [0, 0.05) is 55.4 Å². The maximum atomic E-state index is 12.8. The van der Waals surface area contributed by atoms with E-state index in [1.165, 1.54) is 37.7 Å². The van der Waals surface area contributed by atoms with Crippen molar-refractivity contribution in [2.45, 2.75) is 0 Å². The topological polar surface area (TPSA) is 115 Å². The Morgan fingerprint density at radius 3 is 2.41 bits per heavy atom. The number of piperazine rings is 1. The molecule has 0 radical (unpaired) electrons. The Morgan fingerprint density at radius 2 is 1.83 bits per heavy atom. The molecule has 0 spiro atoms. The third kappa shape index (κ3) is 4.84. The van der Waals surface area contributed by atoms with Crippen LogP contribution in [0.3, 0.4) is 0 Å². The zero-order chi connectivity index (χ0) is 21.0. The standard InChI is InChI=1S/C18H19ClN4O5S/c1-28-16-10-12(2-3-15(16)21-29(26)27)17(24)22-6-8-23(9-7-22)18(25)13-4-5-20-11-14(13)19/h2-5,10-11,21H,6-9H2,1H3,(H,26,27)/p-1. The Kier molecular flexibility index (Phi) is 6.68. The molecule has 1 aromatic heterocycles. The van der Waals surface area contributed by atoms with Crippen molar-refractivity contribution in [3.63, 3.8) is 0 Å². The second-order valence-corrected chi connectivity index (χ2v) is 7.27. The van der Waals surface area contributed by atoms with E-state index in [4.69, 9.17) is 16.3 Å². The van der Waals surface area contributed by atoms with Crippen LogP contribution in [0.2, 0.25) is 5.02 Å². The number of carbonyl (C=O) groups excluding carboxylic acids is 2. The molecule has 1 saturated heterocycles. The molecule has 1 atom stereocenters. The summed E-state index contributed by atoms with van der Waals surface area (Å²) in [5.74, 6) is -0.194. The molecule has 2 aromatic rings. The number of hydrogen-bond acceptors (Lipinski definition) is 6. The summed E-state index contributed by atoms with van der Waals surface area (Å²) in [4.78, 5) is 32.6. The minimum atomic E-state index is -2.50. The molecule has 2 heterocycles. The monoisotopic (exact) mass is 437 g/mol. The first-order valence-corrected chi connectivity index (χ1v) is 10.1. The summed E-state index contributed by atoms with van der Waals surface area (Å²) >= 11 is 3.54. The lowest BCUT2D eigenvalue weighted by Crippen LogP contribution is -2.50. The van der Waals surface area contributed by atoms with Gasteiger partial charge in [-0.3, -0.25) is 18.8 Å². The third-order valence-electron chi connectivity index (χ3n) is 4.50. The average molecular weight is 438 g/mol. The number of methoxy groups -OCH3 is 1. The molecule has 1 N–H and O–H groups in total. The fourth-order valence-electron chi connectivity index (χ4n) is 3.01. The van der Waals surface area contributed by atoms with Gasteiger partial charge in [0.2, 0.25) is 0 Å². The fraction of sp³-hybridized carbons (Fsp3) is 0.278. The second kappa shape index (κ2) is 9.21. The number of hydrogen-bond donors (Lipinski definition) is 1. The molecule has 0 saturated carbocycles. The molecule has 11 heteroatoms. The molecular formula is C18H18ClN4O5S-. The number of benzene rings is 1. The van der Waals surface area contributed by atoms with E-state index >= 15 is 0 Å². The van der Waals surface area contributed by atoms with Gasteiger partial charge in [-0.1, -0.05) is 11.6 Å². The maximum absolute atomic E-state index is 12.8. The first kappa shape index (κ1) is 21.0. The number of carbonyl (C=O) groups is 2. The largest absolute Gasteiger partial charge is 0.755 e. The van der Waals surface area contributed by atoms with E-state index in [1.54, 1.807) is 15.9 Å². The van der Waals surface area contributed by atoms with Crippen LogP contribution in [0.25, 0.3) is 0 Å². The highest BCUT2D eigenvalue weighted by Crippen LogP contribution is 2.27. The van der Waals surface area contributed by atoms with Crippen LogP contribution in [-0.4, -0.2) is 68.6 Å². The summed E-state index contributed by atoms with van der Waals surface area (Å²) in [6.45, 7) is 1.46. The highest BCUT2D eigenvalue weighted by atomic mass is 35.5. The van der Waals surface area contributed by atoms with E-state index in [2.05, 4.69) is 9.71 Å². The molecule has 9 nitrogen and oxygen atoms in total. The number of rotatable bonds is 5. The van der Waals surface area contributed by atoms with Crippen molar-refractivity contribution in [1.29, 1.82) is 0 Å². The molecule has 1 aromatic carbocycles. The van der Waals surface area contributed by atoms with Gasteiger partial charge in [-0.25, -0.2) is 0 Å². The van der Waals surface area contributed by atoms with Crippen molar-refractivity contribution >= 4 is 40.4 Å². The fourth-order valence-corrected chi connectivity index (χ4v) is 3.56. The Balaban J connectivity index is 1.66. The van der Waals surface area contributed by atoms with Crippen molar-refractivity contribution in [3.8, 4) is 5.75 Å². The summed E-state index contributed by atoms with van der Waals surface area (Å²) in [5, 5.41) is 0.288. The number of nitrogens with one attached hydrogen (secondary N) is 1. The average Bonchev–Trinajstić information content (AvgIpc) is 2.73.